The van der Waals surface area contributed by atoms with Gasteiger partial charge in [0.15, 0.2) is 4.80 Å². The Labute approximate surface area is 195 Å². The van der Waals surface area contributed by atoms with Gasteiger partial charge in [0.1, 0.15) is 5.75 Å². The van der Waals surface area contributed by atoms with Crippen LogP contribution in [0.4, 0.5) is 0 Å². The van der Waals surface area contributed by atoms with E-state index in [0.717, 1.165) is 42.8 Å². The molecule has 1 heterocycles. The molecule has 0 aliphatic carbocycles. The van der Waals surface area contributed by atoms with Gasteiger partial charge in [-0.05, 0) is 80.6 Å². The minimum Gasteiger partial charge on any atom is -0.494 e. The number of unbranched alkanes of at least 4 members (excludes halogenated alkanes) is 1. The van der Waals surface area contributed by atoms with Gasteiger partial charge in [0.2, 0.25) is 0 Å². The first-order chi connectivity index (χ1) is 15.5. The van der Waals surface area contributed by atoms with E-state index in [4.69, 9.17) is 4.74 Å². The summed E-state index contributed by atoms with van der Waals surface area (Å²) in [6.07, 6.45) is 4.14. The van der Waals surface area contributed by atoms with Crippen LogP contribution in [0, 0.1) is 13.8 Å². The van der Waals surface area contributed by atoms with Crippen molar-refractivity contribution >= 4 is 17.2 Å². The quantitative estimate of drug-likeness (QED) is 0.339. The van der Waals surface area contributed by atoms with Crippen molar-refractivity contribution in [2.24, 2.45) is 4.99 Å². The maximum atomic E-state index is 13.0. The lowest BCUT2D eigenvalue weighted by atomic mass is 10.0. The van der Waals surface area contributed by atoms with Crippen LogP contribution >= 0.6 is 11.3 Å². The van der Waals surface area contributed by atoms with Gasteiger partial charge in [-0.2, -0.15) is 4.99 Å². The van der Waals surface area contributed by atoms with E-state index in [-0.39, 0.29) is 5.91 Å². The number of amides is 1. The normalized spacial score (nSPS) is 11.7. The van der Waals surface area contributed by atoms with Crippen molar-refractivity contribution in [2.45, 2.75) is 66.8 Å². The lowest BCUT2D eigenvalue weighted by Gasteiger charge is -2.11. The van der Waals surface area contributed by atoms with Crippen LogP contribution in [0.25, 0.3) is 11.3 Å². The number of hydrogen-bond acceptors (Lipinski definition) is 3. The molecule has 0 aliphatic heterocycles. The van der Waals surface area contributed by atoms with Gasteiger partial charge in [0.25, 0.3) is 5.91 Å². The Morgan fingerprint density at radius 2 is 1.75 bits per heavy atom. The molecule has 1 amide bonds. The zero-order valence-electron chi connectivity index (χ0n) is 19.9. The Bertz CT molecular complexity index is 1120. The third-order valence-corrected chi connectivity index (χ3v) is 6.76. The summed E-state index contributed by atoms with van der Waals surface area (Å²) in [7, 11) is 0. The number of ether oxygens (including phenoxy) is 1. The molecule has 170 valence electrons. The molecule has 5 heteroatoms. The highest BCUT2D eigenvalue weighted by molar-refractivity contribution is 7.09. The van der Waals surface area contributed by atoms with E-state index in [1.54, 1.807) is 23.5 Å². The highest BCUT2D eigenvalue weighted by atomic mass is 32.1. The predicted molar refractivity (Wildman–Crippen MR) is 134 cm³/mol. The Morgan fingerprint density at radius 1 is 1.00 bits per heavy atom. The molecule has 2 aromatic carbocycles. The van der Waals surface area contributed by atoms with Crippen molar-refractivity contribution in [2.75, 3.05) is 6.61 Å². The molecule has 0 atom stereocenters. The van der Waals surface area contributed by atoms with Crippen LogP contribution in [0.1, 0.15) is 66.4 Å². The van der Waals surface area contributed by atoms with E-state index in [9.17, 15) is 4.79 Å². The van der Waals surface area contributed by atoms with E-state index in [2.05, 4.69) is 62.4 Å². The number of aryl methyl sites for hydroxylation is 3. The Balaban J connectivity index is 1.98. The monoisotopic (exact) mass is 450 g/mol. The Morgan fingerprint density at radius 3 is 2.38 bits per heavy atom. The van der Waals surface area contributed by atoms with Gasteiger partial charge in [0.05, 0.1) is 12.3 Å². The van der Waals surface area contributed by atoms with Crippen LogP contribution in [-0.4, -0.2) is 17.1 Å². The van der Waals surface area contributed by atoms with E-state index in [0.29, 0.717) is 12.2 Å². The smallest absolute Gasteiger partial charge is 0.279 e. The molecule has 32 heavy (non-hydrogen) atoms. The van der Waals surface area contributed by atoms with Crippen LogP contribution in [0.15, 0.2) is 47.5 Å². The first-order valence-electron chi connectivity index (χ1n) is 11.6. The molecular formula is C27H34N2O2S. The molecule has 0 unspecified atom stereocenters. The molecular weight excluding hydrogens is 416 g/mol. The fourth-order valence-electron chi connectivity index (χ4n) is 3.62. The summed E-state index contributed by atoms with van der Waals surface area (Å²) in [6.45, 7) is 12.2. The highest BCUT2D eigenvalue weighted by Crippen LogP contribution is 2.29. The van der Waals surface area contributed by atoms with Crippen molar-refractivity contribution in [3.63, 3.8) is 0 Å². The molecule has 0 saturated heterocycles. The second kappa shape index (κ2) is 11.3. The fraction of sp³-hybridized carbons (Fsp3) is 0.407. The number of carbonyl (C=O) groups is 1. The van der Waals surface area contributed by atoms with Crippen molar-refractivity contribution in [3.05, 3.63) is 68.8 Å². The van der Waals surface area contributed by atoms with Gasteiger partial charge in [-0.3, -0.25) is 4.79 Å². The zero-order chi connectivity index (χ0) is 23.1. The molecule has 3 rings (SSSR count). The van der Waals surface area contributed by atoms with Crippen molar-refractivity contribution in [1.29, 1.82) is 0 Å². The average Bonchev–Trinajstić information content (AvgIpc) is 3.13. The predicted octanol–water partition coefficient (Wildman–Crippen LogP) is 6.73. The van der Waals surface area contributed by atoms with Crippen LogP contribution in [0.5, 0.6) is 5.75 Å². The second-order valence-corrected chi connectivity index (χ2v) is 9.16. The standard InChI is InChI=1S/C27H34N2O2S/c1-6-9-17-31-23-15-13-21(14-16-23)26(30)28-27-29(8-3)25(24(32-27)10-7-2)22-12-11-19(4)20(5)18-22/h11-16,18H,6-10,17H2,1-5H3. The van der Waals surface area contributed by atoms with E-state index >= 15 is 0 Å². The SMILES string of the molecule is CCCCOc1ccc(C(=O)N=c2sc(CCC)c(-c3ccc(C)c(C)c3)n2CC)cc1. The zero-order valence-corrected chi connectivity index (χ0v) is 20.7. The van der Waals surface area contributed by atoms with Crippen LogP contribution in [0.2, 0.25) is 0 Å². The number of nitrogens with zero attached hydrogens (tertiary/aromatic N) is 2. The lowest BCUT2D eigenvalue weighted by molar-refractivity contribution is 0.0998. The number of aromatic nitrogens is 1. The highest BCUT2D eigenvalue weighted by Gasteiger charge is 2.16. The van der Waals surface area contributed by atoms with Gasteiger partial charge < -0.3 is 9.30 Å². The topological polar surface area (TPSA) is 43.6 Å². The molecule has 0 bridgehead atoms. The Hall–Kier alpha value is -2.66. The number of benzene rings is 2. The first kappa shape index (κ1) is 24.0. The van der Waals surface area contributed by atoms with Crippen LogP contribution in [-0.2, 0) is 13.0 Å². The molecule has 3 aromatic rings. The van der Waals surface area contributed by atoms with Gasteiger partial charge in [-0.15, -0.1) is 11.3 Å². The molecule has 0 aliphatic rings. The summed E-state index contributed by atoms with van der Waals surface area (Å²) in [4.78, 5) is 19.5. The molecule has 0 fully saturated rings. The molecule has 1 aromatic heterocycles. The minimum absolute atomic E-state index is 0.219. The molecule has 0 saturated carbocycles. The summed E-state index contributed by atoms with van der Waals surface area (Å²) in [6, 6.07) is 13.9. The maximum absolute atomic E-state index is 13.0. The van der Waals surface area contributed by atoms with E-state index < -0.39 is 0 Å². The molecule has 0 spiro atoms. The second-order valence-electron chi connectivity index (χ2n) is 8.09. The van der Waals surface area contributed by atoms with E-state index in [1.165, 1.54) is 27.3 Å². The lowest BCUT2D eigenvalue weighted by Crippen LogP contribution is -2.17. The molecule has 0 N–H and O–H groups in total. The van der Waals surface area contributed by atoms with Crippen LogP contribution in [0.3, 0.4) is 0 Å². The molecule has 4 nitrogen and oxygen atoms in total. The molecule has 0 radical (unpaired) electrons. The number of hydrogen-bond donors (Lipinski definition) is 0. The Kier molecular flexibility index (Phi) is 8.46. The third-order valence-electron chi connectivity index (χ3n) is 5.62. The summed E-state index contributed by atoms with van der Waals surface area (Å²) < 4.78 is 7.89. The summed E-state index contributed by atoms with van der Waals surface area (Å²) in [5.41, 5.74) is 5.51. The number of thiazole rings is 1. The first-order valence-corrected chi connectivity index (χ1v) is 12.4. The van der Waals surface area contributed by atoms with Gasteiger partial charge in [-0.25, -0.2) is 0 Å². The van der Waals surface area contributed by atoms with Crippen molar-refractivity contribution in [3.8, 4) is 17.0 Å². The summed E-state index contributed by atoms with van der Waals surface area (Å²) in [5, 5.41) is 0. The van der Waals surface area contributed by atoms with Gasteiger partial charge in [0, 0.05) is 17.0 Å². The van der Waals surface area contributed by atoms with Crippen molar-refractivity contribution in [1.82, 2.24) is 4.57 Å². The van der Waals surface area contributed by atoms with Crippen molar-refractivity contribution < 1.29 is 9.53 Å². The van der Waals surface area contributed by atoms with Gasteiger partial charge in [-0.1, -0.05) is 38.8 Å². The minimum atomic E-state index is -0.219. The maximum Gasteiger partial charge on any atom is 0.279 e. The van der Waals surface area contributed by atoms with E-state index in [1.807, 2.05) is 12.1 Å². The van der Waals surface area contributed by atoms with Crippen LogP contribution < -0.4 is 9.54 Å². The average molecular weight is 451 g/mol. The number of carbonyl (C=O) groups excluding carboxylic acids is 1. The summed E-state index contributed by atoms with van der Waals surface area (Å²) in [5.74, 6) is 0.570. The third kappa shape index (κ3) is 5.57. The largest absolute Gasteiger partial charge is 0.494 e. The summed E-state index contributed by atoms with van der Waals surface area (Å²) >= 11 is 1.63. The fourth-order valence-corrected chi connectivity index (χ4v) is 4.93. The number of rotatable bonds is 9. The van der Waals surface area contributed by atoms with Gasteiger partial charge >= 0.3 is 0 Å².